The lowest BCUT2D eigenvalue weighted by Crippen LogP contribution is -2.25. The third kappa shape index (κ3) is 4.06. The highest BCUT2D eigenvalue weighted by Crippen LogP contribution is 2.27. The number of hydrogen-bond acceptors (Lipinski definition) is 6. The third-order valence-electron chi connectivity index (χ3n) is 3.51. The molecule has 6 nitrogen and oxygen atoms in total. The molecule has 0 radical (unpaired) electrons. The Morgan fingerprint density at radius 3 is 2.68 bits per heavy atom. The zero-order chi connectivity index (χ0) is 18.0. The van der Waals surface area contributed by atoms with Gasteiger partial charge in [-0.2, -0.15) is 4.31 Å². The van der Waals surface area contributed by atoms with Crippen molar-refractivity contribution in [1.29, 1.82) is 0 Å². The smallest absolute Gasteiger partial charge is 0.252 e. The van der Waals surface area contributed by atoms with Crippen LogP contribution in [-0.2, 0) is 27.9 Å². The van der Waals surface area contributed by atoms with E-state index in [0.717, 1.165) is 31.4 Å². The molecule has 0 bridgehead atoms. The number of carbonyl (C=O) groups is 1. The van der Waals surface area contributed by atoms with Crippen molar-refractivity contribution in [2.45, 2.75) is 24.2 Å². The van der Waals surface area contributed by atoms with Gasteiger partial charge in [-0.3, -0.25) is 4.79 Å². The van der Waals surface area contributed by atoms with Gasteiger partial charge >= 0.3 is 0 Å². The van der Waals surface area contributed by atoms with Crippen molar-refractivity contribution in [3.63, 3.8) is 0 Å². The summed E-state index contributed by atoms with van der Waals surface area (Å²) in [5.41, 5.74) is 0.877. The number of hydrogen-bond donors (Lipinski definition) is 1. The first-order valence-corrected chi connectivity index (χ1v) is 10.6. The summed E-state index contributed by atoms with van der Waals surface area (Å²) in [6.45, 7) is 1.98. The van der Waals surface area contributed by atoms with Crippen LogP contribution in [0.4, 0.5) is 0 Å². The van der Waals surface area contributed by atoms with Crippen LogP contribution in [0.2, 0.25) is 0 Å². The van der Waals surface area contributed by atoms with E-state index in [1.807, 2.05) is 24.3 Å². The maximum Gasteiger partial charge on any atom is 0.252 e. The highest BCUT2D eigenvalue weighted by Gasteiger charge is 2.24. The van der Waals surface area contributed by atoms with Gasteiger partial charge < -0.3 is 5.32 Å². The lowest BCUT2D eigenvalue weighted by atomic mass is 10.3. The van der Waals surface area contributed by atoms with Crippen molar-refractivity contribution in [2.75, 3.05) is 7.05 Å². The Morgan fingerprint density at radius 2 is 1.96 bits per heavy atom. The first kappa shape index (κ1) is 18.0. The topological polar surface area (TPSA) is 79.4 Å². The van der Waals surface area contributed by atoms with E-state index in [1.165, 1.54) is 22.6 Å². The number of thiazole rings is 1. The molecule has 25 heavy (non-hydrogen) atoms. The van der Waals surface area contributed by atoms with Crippen LogP contribution in [0.5, 0.6) is 0 Å². The normalized spacial score (nSPS) is 12.0. The van der Waals surface area contributed by atoms with Crippen LogP contribution in [0.15, 0.2) is 40.6 Å². The molecule has 0 saturated carbocycles. The van der Waals surface area contributed by atoms with Crippen LogP contribution in [-0.4, -0.2) is 30.7 Å². The number of fused-ring (bicyclic) bond motifs is 1. The fourth-order valence-corrected chi connectivity index (χ4v) is 5.96. The van der Waals surface area contributed by atoms with Gasteiger partial charge in [0.1, 0.15) is 9.22 Å². The summed E-state index contributed by atoms with van der Waals surface area (Å²) < 4.78 is 28.1. The number of thiophene rings is 1. The largest absolute Gasteiger partial charge is 0.351 e. The van der Waals surface area contributed by atoms with Crippen molar-refractivity contribution >= 4 is 48.8 Å². The molecule has 1 aromatic carbocycles. The van der Waals surface area contributed by atoms with Gasteiger partial charge in [0.25, 0.3) is 10.0 Å². The fraction of sp³-hybridized carbons (Fsp3) is 0.250. The quantitative estimate of drug-likeness (QED) is 0.696. The second-order valence-corrected chi connectivity index (χ2v) is 10.0. The summed E-state index contributed by atoms with van der Waals surface area (Å²) >= 11 is 2.66. The number of benzene rings is 1. The van der Waals surface area contributed by atoms with Gasteiger partial charge in [0.15, 0.2) is 0 Å². The van der Waals surface area contributed by atoms with Crippen LogP contribution in [0.3, 0.4) is 0 Å². The summed E-state index contributed by atoms with van der Waals surface area (Å²) in [4.78, 5) is 16.2. The Labute approximate surface area is 154 Å². The monoisotopic (exact) mass is 395 g/mol. The van der Waals surface area contributed by atoms with E-state index in [9.17, 15) is 13.2 Å². The standard InChI is InChI=1S/C16H17N3O3S3/c1-11(20)17-9-12-7-8-16(23-12)25(21,22)19(2)10-15-18-13-5-3-4-6-14(13)24-15/h3-8H,9-10H2,1-2H3,(H,17,20). The molecular formula is C16H17N3O3S3. The van der Waals surface area contributed by atoms with Crippen LogP contribution in [0.25, 0.3) is 10.2 Å². The molecule has 0 aliphatic heterocycles. The Bertz CT molecular complexity index is 975. The molecule has 0 saturated heterocycles. The van der Waals surface area contributed by atoms with Crippen LogP contribution < -0.4 is 5.32 Å². The van der Waals surface area contributed by atoms with Gasteiger partial charge in [-0.15, -0.1) is 22.7 Å². The lowest BCUT2D eigenvalue weighted by molar-refractivity contribution is -0.119. The first-order valence-electron chi connectivity index (χ1n) is 7.50. The van der Waals surface area contributed by atoms with E-state index in [2.05, 4.69) is 10.3 Å². The number of para-hydroxylation sites is 1. The molecular weight excluding hydrogens is 378 g/mol. The third-order valence-corrected chi connectivity index (χ3v) is 7.89. The molecule has 1 amide bonds. The zero-order valence-corrected chi connectivity index (χ0v) is 16.2. The van der Waals surface area contributed by atoms with Crippen molar-refractivity contribution in [1.82, 2.24) is 14.6 Å². The minimum absolute atomic E-state index is 0.147. The molecule has 2 aromatic heterocycles. The highest BCUT2D eigenvalue weighted by atomic mass is 32.2. The molecule has 132 valence electrons. The van der Waals surface area contributed by atoms with E-state index < -0.39 is 10.0 Å². The molecule has 0 unspecified atom stereocenters. The summed E-state index contributed by atoms with van der Waals surface area (Å²) in [6.07, 6.45) is 0. The van der Waals surface area contributed by atoms with Crippen LogP contribution in [0.1, 0.15) is 16.8 Å². The van der Waals surface area contributed by atoms with E-state index in [-0.39, 0.29) is 16.7 Å². The molecule has 3 aromatic rings. The number of amides is 1. The number of nitrogens with zero attached hydrogens (tertiary/aromatic N) is 2. The molecule has 0 aliphatic rings. The SMILES string of the molecule is CC(=O)NCc1ccc(S(=O)(=O)N(C)Cc2nc3ccccc3s2)s1. The molecule has 0 atom stereocenters. The first-order chi connectivity index (χ1) is 11.9. The minimum Gasteiger partial charge on any atom is -0.351 e. The molecule has 0 fully saturated rings. The highest BCUT2D eigenvalue weighted by molar-refractivity contribution is 7.91. The van der Waals surface area contributed by atoms with E-state index in [0.29, 0.717) is 6.54 Å². The van der Waals surface area contributed by atoms with Gasteiger partial charge in [0.05, 0.1) is 23.3 Å². The molecule has 1 N–H and O–H groups in total. The Morgan fingerprint density at radius 1 is 1.20 bits per heavy atom. The van der Waals surface area contributed by atoms with E-state index in [1.54, 1.807) is 19.2 Å². The summed E-state index contributed by atoms with van der Waals surface area (Å²) in [5, 5.41) is 3.42. The Kier molecular flexibility index (Phi) is 5.19. The average molecular weight is 396 g/mol. The molecule has 3 rings (SSSR count). The second-order valence-electron chi connectivity index (χ2n) is 5.47. The van der Waals surface area contributed by atoms with Gasteiger partial charge in [-0.25, -0.2) is 13.4 Å². The van der Waals surface area contributed by atoms with Crippen molar-refractivity contribution in [3.05, 3.63) is 46.3 Å². The Balaban J connectivity index is 1.75. The number of rotatable bonds is 6. The average Bonchev–Trinajstić information content (AvgIpc) is 3.19. The summed E-state index contributed by atoms with van der Waals surface area (Å²) in [5.74, 6) is -0.147. The second kappa shape index (κ2) is 7.20. The number of nitrogens with one attached hydrogen (secondary N) is 1. The maximum atomic E-state index is 12.7. The summed E-state index contributed by atoms with van der Waals surface area (Å²) in [7, 11) is -2.04. The number of carbonyl (C=O) groups excluding carboxylic acids is 1. The molecule has 9 heteroatoms. The van der Waals surface area contributed by atoms with Gasteiger partial charge in [-0.1, -0.05) is 12.1 Å². The molecule has 0 spiro atoms. The molecule has 0 aliphatic carbocycles. The van der Waals surface area contributed by atoms with E-state index in [4.69, 9.17) is 0 Å². The number of aromatic nitrogens is 1. The lowest BCUT2D eigenvalue weighted by Gasteiger charge is -2.14. The number of sulfonamides is 1. The van der Waals surface area contributed by atoms with Crippen LogP contribution in [0, 0.1) is 0 Å². The van der Waals surface area contributed by atoms with E-state index >= 15 is 0 Å². The minimum atomic E-state index is -3.59. The maximum absolute atomic E-state index is 12.7. The van der Waals surface area contributed by atoms with Crippen molar-refractivity contribution < 1.29 is 13.2 Å². The van der Waals surface area contributed by atoms with Crippen LogP contribution >= 0.6 is 22.7 Å². The summed E-state index contributed by atoms with van der Waals surface area (Å²) in [6, 6.07) is 11.0. The predicted octanol–water partition coefficient (Wildman–Crippen LogP) is 2.81. The van der Waals surface area contributed by atoms with Gasteiger partial charge in [-0.05, 0) is 24.3 Å². The van der Waals surface area contributed by atoms with Crippen molar-refractivity contribution in [2.24, 2.45) is 0 Å². The van der Waals surface area contributed by atoms with Gasteiger partial charge in [0.2, 0.25) is 5.91 Å². The predicted molar refractivity (Wildman–Crippen MR) is 100 cm³/mol. The van der Waals surface area contributed by atoms with Crippen molar-refractivity contribution in [3.8, 4) is 0 Å². The molecule has 2 heterocycles. The zero-order valence-electron chi connectivity index (χ0n) is 13.7. The fourth-order valence-electron chi connectivity index (χ4n) is 2.22. The Hall–Kier alpha value is -1.81. The van der Waals surface area contributed by atoms with Gasteiger partial charge in [0, 0.05) is 18.8 Å².